The maximum Gasteiger partial charge on any atom is 0.292 e. The molecule has 0 radical (unpaired) electrons. The molecule has 0 aliphatic carbocycles. The van der Waals surface area contributed by atoms with E-state index in [2.05, 4.69) is 36.2 Å². The lowest BCUT2D eigenvalue weighted by molar-refractivity contribution is 0.0947. The number of rotatable bonds is 9. The Kier molecular flexibility index (Phi) is 7.07. The summed E-state index contributed by atoms with van der Waals surface area (Å²) in [6, 6.07) is 0. The van der Waals surface area contributed by atoms with Gasteiger partial charge in [0.2, 0.25) is 17.5 Å². The Balaban J connectivity index is 1.68. The van der Waals surface area contributed by atoms with E-state index in [4.69, 9.17) is 5.73 Å². The molecule has 3 aromatic heterocycles. The summed E-state index contributed by atoms with van der Waals surface area (Å²) in [5, 5.41) is 10.8. The lowest BCUT2D eigenvalue weighted by atomic mass is 10.4. The van der Waals surface area contributed by atoms with Gasteiger partial charge in [0.05, 0.1) is 0 Å². The molecule has 0 fully saturated rings. The molecular formula is C19H27N11O3. The molecule has 0 saturated carbocycles. The molecule has 3 heterocycles. The molecule has 0 atom stereocenters. The molecule has 14 heteroatoms. The zero-order chi connectivity index (χ0) is 24.1. The zero-order valence-electron chi connectivity index (χ0n) is 18.8. The minimum Gasteiger partial charge on any atom is -0.369 e. The van der Waals surface area contributed by atoms with Crippen LogP contribution >= 0.6 is 0 Å². The number of hydrogen-bond acceptors (Lipinski definition) is 8. The van der Waals surface area contributed by atoms with Gasteiger partial charge in [-0.1, -0.05) is 0 Å². The predicted octanol–water partition coefficient (Wildman–Crippen LogP) is -0.488. The van der Waals surface area contributed by atoms with Crippen LogP contribution in [-0.2, 0) is 21.1 Å². The molecule has 33 heavy (non-hydrogen) atoms. The lowest BCUT2D eigenvalue weighted by Crippen LogP contribution is -2.21. The van der Waals surface area contributed by atoms with Crippen LogP contribution in [0.1, 0.15) is 38.3 Å². The number of carbonyl (C=O) groups is 3. The van der Waals surface area contributed by atoms with Crippen molar-refractivity contribution in [3.8, 4) is 0 Å². The van der Waals surface area contributed by atoms with Crippen molar-refractivity contribution < 1.29 is 14.4 Å². The summed E-state index contributed by atoms with van der Waals surface area (Å²) in [4.78, 5) is 49.7. The summed E-state index contributed by atoms with van der Waals surface area (Å²) in [5.74, 6) is -0.114. The molecule has 176 valence electrons. The van der Waals surface area contributed by atoms with Crippen molar-refractivity contribution in [2.45, 2.75) is 6.42 Å². The van der Waals surface area contributed by atoms with E-state index in [0.717, 1.165) is 6.42 Å². The smallest absolute Gasteiger partial charge is 0.292 e. The Hall–Kier alpha value is -4.20. The van der Waals surface area contributed by atoms with Gasteiger partial charge in [-0.25, -0.2) is 15.0 Å². The fourth-order valence-electron chi connectivity index (χ4n) is 3.01. The highest BCUT2D eigenvalue weighted by Crippen LogP contribution is 2.14. The Morgan fingerprint density at radius 1 is 0.788 bits per heavy atom. The Morgan fingerprint density at radius 3 is 1.67 bits per heavy atom. The summed E-state index contributed by atoms with van der Waals surface area (Å²) in [7, 11) is 6.45. The van der Waals surface area contributed by atoms with Crippen LogP contribution in [0.25, 0.3) is 0 Å². The molecule has 0 unspecified atom stereocenters. The topological polar surface area (TPSA) is 179 Å². The molecule has 0 aliphatic rings. The molecule has 0 aliphatic heterocycles. The maximum atomic E-state index is 12.7. The van der Waals surface area contributed by atoms with E-state index >= 15 is 0 Å². The first-order valence-corrected chi connectivity index (χ1v) is 10.1. The third kappa shape index (κ3) is 5.35. The normalized spacial score (nSPS) is 10.7. The second-order valence-corrected chi connectivity index (χ2v) is 7.24. The van der Waals surface area contributed by atoms with E-state index in [0.29, 0.717) is 18.9 Å². The van der Waals surface area contributed by atoms with Crippen LogP contribution in [0.5, 0.6) is 0 Å². The van der Waals surface area contributed by atoms with Crippen LogP contribution in [0.15, 0.2) is 18.6 Å². The number of carbonyl (C=O) groups excluding carboxylic acids is 3. The minimum absolute atomic E-state index is 0.0430. The van der Waals surface area contributed by atoms with Gasteiger partial charge in [-0.2, -0.15) is 0 Å². The predicted molar refractivity (Wildman–Crippen MR) is 121 cm³/mol. The molecule has 6 N–H and O–H groups in total. The van der Waals surface area contributed by atoms with Crippen LogP contribution in [0.3, 0.4) is 0 Å². The zero-order valence-corrected chi connectivity index (χ0v) is 18.8. The first-order chi connectivity index (χ1) is 15.7. The Labute approximate surface area is 189 Å². The van der Waals surface area contributed by atoms with Crippen molar-refractivity contribution in [2.24, 2.45) is 26.9 Å². The number of nitrogens with two attached hydrogens (primary N) is 1. The Morgan fingerprint density at radius 2 is 1.21 bits per heavy atom. The van der Waals surface area contributed by atoms with Gasteiger partial charge in [0.15, 0.2) is 11.6 Å². The van der Waals surface area contributed by atoms with E-state index in [-0.39, 0.29) is 35.0 Å². The van der Waals surface area contributed by atoms with Crippen LogP contribution in [0, 0.1) is 0 Å². The molecule has 0 saturated heterocycles. The van der Waals surface area contributed by atoms with Crippen molar-refractivity contribution in [1.29, 1.82) is 0 Å². The fourth-order valence-corrected chi connectivity index (χ4v) is 3.01. The highest BCUT2D eigenvalue weighted by Gasteiger charge is 2.20. The van der Waals surface area contributed by atoms with Gasteiger partial charge in [-0.3, -0.25) is 14.4 Å². The van der Waals surface area contributed by atoms with E-state index in [9.17, 15) is 14.4 Å². The maximum absolute atomic E-state index is 12.7. The van der Waals surface area contributed by atoms with Gasteiger partial charge < -0.3 is 40.7 Å². The lowest BCUT2D eigenvalue weighted by Gasteiger charge is -2.01. The quantitative estimate of drug-likeness (QED) is 0.267. The highest BCUT2D eigenvalue weighted by molar-refractivity contribution is 6.04. The molecule has 3 aromatic rings. The largest absolute Gasteiger partial charge is 0.369 e. The average Bonchev–Trinajstić information content (AvgIpc) is 3.44. The Bertz CT molecular complexity index is 1170. The van der Waals surface area contributed by atoms with Crippen molar-refractivity contribution >= 4 is 35.2 Å². The number of aryl methyl sites for hydroxylation is 3. The SMILES string of the molecule is CNC(=O)c1nc(NC(=O)c2nc(NC(=O)c3nc(NCCCN)cn3C)cn2C)cn1C. The number of imidazole rings is 3. The second kappa shape index (κ2) is 9.95. The van der Waals surface area contributed by atoms with E-state index in [1.54, 1.807) is 31.9 Å². The molecular weight excluding hydrogens is 430 g/mol. The van der Waals surface area contributed by atoms with Crippen LogP contribution in [-0.4, -0.2) is 66.5 Å². The van der Waals surface area contributed by atoms with Crippen LogP contribution in [0.4, 0.5) is 17.5 Å². The van der Waals surface area contributed by atoms with Gasteiger partial charge in [0.1, 0.15) is 5.82 Å². The third-order valence-electron chi connectivity index (χ3n) is 4.64. The third-order valence-corrected chi connectivity index (χ3v) is 4.64. The average molecular weight is 457 g/mol. The molecule has 14 nitrogen and oxygen atoms in total. The van der Waals surface area contributed by atoms with Crippen LogP contribution in [0.2, 0.25) is 0 Å². The van der Waals surface area contributed by atoms with Crippen molar-refractivity contribution in [3.05, 3.63) is 36.1 Å². The van der Waals surface area contributed by atoms with Crippen molar-refractivity contribution in [2.75, 3.05) is 36.1 Å². The summed E-state index contributed by atoms with van der Waals surface area (Å²) < 4.78 is 4.54. The summed E-state index contributed by atoms with van der Waals surface area (Å²) >= 11 is 0. The first-order valence-electron chi connectivity index (χ1n) is 10.1. The number of hydrogen-bond donors (Lipinski definition) is 5. The highest BCUT2D eigenvalue weighted by atomic mass is 16.2. The summed E-state index contributed by atoms with van der Waals surface area (Å²) in [6.07, 6.45) is 5.49. The van der Waals surface area contributed by atoms with Gasteiger partial charge in [-0.05, 0) is 13.0 Å². The summed E-state index contributed by atoms with van der Waals surface area (Å²) in [5.41, 5.74) is 5.48. The van der Waals surface area contributed by atoms with Gasteiger partial charge in [0.25, 0.3) is 17.7 Å². The standard InChI is InChI=1S/C19H27N11O3/c1-21-17(31)14-24-12(9-29(14)3)26-19(33)16-25-13(10-30(16)4)27-18(32)15-23-11(8-28(15)2)22-7-5-6-20/h8-10,22H,5-7,20H2,1-4H3,(H,21,31)(H,26,33)(H,27,32). The van der Waals surface area contributed by atoms with E-state index in [1.807, 2.05) is 0 Å². The van der Waals surface area contributed by atoms with Crippen LogP contribution < -0.4 is 27.0 Å². The fraction of sp³-hybridized carbons (Fsp3) is 0.368. The number of amides is 3. The van der Waals surface area contributed by atoms with E-state index < -0.39 is 11.8 Å². The number of anilines is 3. The first kappa shape index (κ1) is 23.5. The second-order valence-electron chi connectivity index (χ2n) is 7.24. The van der Waals surface area contributed by atoms with Crippen molar-refractivity contribution in [3.63, 3.8) is 0 Å². The molecule has 0 bridgehead atoms. The van der Waals surface area contributed by atoms with Gasteiger partial charge in [0, 0.05) is 53.3 Å². The molecule has 0 spiro atoms. The molecule has 0 aromatic carbocycles. The molecule has 3 amide bonds. The molecule has 3 rings (SSSR count). The van der Waals surface area contributed by atoms with Gasteiger partial charge >= 0.3 is 0 Å². The van der Waals surface area contributed by atoms with Crippen molar-refractivity contribution in [1.82, 2.24) is 34.0 Å². The summed E-state index contributed by atoms with van der Waals surface area (Å²) in [6.45, 7) is 1.20. The number of nitrogens with zero attached hydrogens (tertiary/aromatic N) is 6. The number of nitrogens with one attached hydrogen (secondary N) is 4. The minimum atomic E-state index is -0.553. The monoisotopic (exact) mass is 457 g/mol. The van der Waals surface area contributed by atoms with Gasteiger partial charge in [-0.15, -0.1) is 0 Å². The number of aromatic nitrogens is 6. The van der Waals surface area contributed by atoms with E-state index in [1.165, 1.54) is 28.6 Å².